The second kappa shape index (κ2) is 6.87. The van der Waals surface area contributed by atoms with Gasteiger partial charge in [0.05, 0.1) is 7.11 Å². The molecule has 0 spiro atoms. The Kier molecular flexibility index (Phi) is 5.41. The van der Waals surface area contributed by atoms with Crippen LogP contribution in [0.1, 0.15) is 33.1 Å². The summed E-state index contributed by atoms with van der Waals surface area (Å²) in [5.41, 5.74) is 0. The van der Waals surface area contributed by atoms with E-state index in [9.17, 15) is 4.79 Å². The lowest BCUT2D eigenvalue weighted by Crippen LogP contribution is -2.55. The number of ether oxygens (including phenoxy) is 1. The predicted molar refractivity (Wildman–Crippen MR) is 79.7 cm³/mol. The molecule has 0 bridgehead atoms. The number of rotatable bonds is 6. The molecule has 1 aliphatic heterocycles. The normalized spacial score (nSPS) is 30.2. The van der Waals surface area contributed by atoms with Gasteiger partial charge in [-0.15, -0.1) is 0 Å². The van der Waals surface area contributed by atoms with Gasteiger partial charge in [-0.2, -0.15) is 0 Å². The van der Waals surface area contributed by atoms with Gasteiger partial charge in [-0.25, -0.2) is 0 Å². The van der Waals surface area contributed by atoms with Gasteiger partial charge in [-0.3, -0.25) is 9.69 Å². The molecule has 0 aromatic rings. The molecule has 1 heterocycles. The molecule has 1 saturated carbocycles. The first-order valence-electron chi connectivity index (χ1n) is 7.79. The zero-order valence-electron chi connectivity index (χ0n) is 13.3. The molecule has 3 atom stereocenters. The summed E-state index contributed by atoms with van der Waals surface area (Å²) in [6, 6.07) is 1.54. The van der Waals surface area contributed by atoms with E-state index in [1.807, 2.05) is 0 Å². The van der Waals surface area contributed by atoms with Crippen molar-refractivity contribution in [1.29, 1.82) is 0 Å². The molecule has 5 heteroatoms. The van der Waals surface area contributed by atoms with Crippen LogP contribution in [-0.2, 0) is 9.53 Å². The zero-order chi connectivity index (χ0) is 14.7. The predicted octanol–water partition coefficient (Wildman–Crippen LogP) is 0.695. The first-order chi connectivity index (χ1) is 9.51. The van der Waals surface area contributed by atoms with E-state index < -0.39 is 0 Å². The van der Waals surface area contributed by atoms with Gasteiger partial charge in [0.1, 0.15) is 6.04 Å². The quantitative estimate of drug-likeness (QED) is 0.727. The number of nitrogens with zero attached hydrogens (tertiary/aromatic N) is 2. The number of carbonyl (C=O) groups is 1. The Morgan fingerprint density at radius 1 is 1.30 bits per heavy atom. The van der Waals surface area contributed by atoms with Gasteiger partial charge in [0, 0.05) is 37.8 Å². The molecule has 3 unspecified atom stereocenters. The van der Waals surface area contributed by atoms with Crippen LogP contribution in [0.5, 0.6) is 0 Å². The highest BCUT2D eigenvalue weighted by Gasteiger charge is 2.31. The average molecular weight is 283 g/mol. The fourth-order valence-corrected chi connectivity index (χ4v) is 2.95. The van der Waals surface area contributed by atoms with E-state index in [-0.39, 0.29) is 12.0 Å². The maximum absolute atomic E-state index is 11.8. The van der Waals surface area contributed by atoms with Crippen LogP contribution < -0.4 is 5.32 Å². The largest absolute Gasteiger partial charge is 0.468 e. The van der Waals surface area contributed by atoms with Crippen LogP contribution in [0, 0.1) is 0 Å². The smallest absolute Gasteiger partial charge is 0.322 e. The highest BCUT2D eigenvalue weighted by Crippen LogP contribution is 2.21. The van der Waals surface area contributed by atoms with E-state index in [2.05, 4.69) is 36.0 Å². The highest BCUT2D eigenvalue weighted by atomic mass is 16.5. The van der Waals surface area contributed by atoms with Gasteiger partial charge in [-0.1, -0.05) is 0 Å². The summed E-state index contributed by atoms with van der Waals surface area (Å²) in [6.07, 6.45) is 3.22. The lowest BCUT2D eigenvalue weighted by molar-refractivity contribution is -0.143. The third kappa shape index (κ3) is 4.17. The van der Waals surface area contributed by atoms with Gasteiger partial charge < -0.3 is 15.0 Å². The molecule has 2 fully saturated rings. The molecule has 1 aliphatic carbocycles. The molecule has 0 amide bonds. The van der Waals surface area contributed by atoms with Gasteiger partial charge >= 0.3 is 5.97 Å². The molecule has 116 valence electrons. The van der Waals surface area contributed by atoms with Crippen LogP contribution in [0.3, 0.4) is 0 Å². The Morgan fingerprint density at radius 2 is 1.90 bits per heavy atom. The van der Waals surface area contributed by atoms with E-state index in [0.717, 1.165) is 26.1 Å². The Bertz CT molecular complexity index is 321. The van der Waals surface area contributed by atoms with Crippen molar-refractivity contribution < 1.29 is 9.53 Å². The Balaban J connectivity index is 1.80. The minimum Gasteiger partial charge on any atom is -0.468 e. The van der Waals surface area contributed by atoms with Crippen LogP contribution in [0.2, 0.25) is 0 Å². The van der Waals surface area contributed by atoms with E-state index in [4.69, 9.17) is 4.74 Å². The lowest BCUT2D eigenvalue weighted by atomic mass is 10.1. The van der Waals surface area contributed by atoms with Crippen LogP contribution in [0.4, 0.5) is 0 Å². The summed E-state index contributed by atoms with van der Waals surface area (Å²) < 4.78 is 4.91. The Hall–Kier alpha value is -0.650. The van der Waals surface area contributed by atoms with Crippen molar-refractivity contribution in [2.24, 2.45) is 0 Å². The van der Waals surface area contributed by atoms with Crippen LogP contribution in [0.15, 0.2) is 0 Å². The van der Waals surface area contributed by atoms with Crippen LogP contribution in [-0.4, -0.2) is 73.7 Å². The minimum atomic E-state index is -0.141. The SMILES string of the molecule is COC(=O)C(CCN1CC(C)N(C)C(C)C1)NC1CC1. The maximum atomic E-state index is 11.8. The summed E-state index contributed by atoms with van der Waals surface area (Å²) >= 11 is 0. The molecule has 0 radical (unpaired) electrons. The number of likely N-dealkylation sites (N-methyl/N-ethyl adjacent to an activating group) is 1. The number of piperazine rings is 1. The van der Waals surface area contributed by atoms with Gasteiger partial charge in [0.15, 0.2) is 0 Å². The molecular weight excluding hydrogens is 254 g/mol. The second-order valence-corrected chi connectivity index (χ2v) is 6.43. The standard InChI is InChI=1S/C15H29N3O2/c1-11-9-18(10-12(2)17(11)3)8-7-14(15(19)20-4)16-13-5-6-13/h11-14,16H,5-10H2,1-4H3. The van der Waals surface area contributed by atoms with Gasteiger partial charge in [0.25, 0.3) is 0 Å². The molecule has 1 N–H and O–H groups in total. The van der Waals surface area contributed by atoms with Crippen molar-refractivity contribution in [3.63, 3.8) is 0 Å². The molecule has 20 heavy (non-hydrogen) atoms. The van der Waals surface area contributed by atoms with Gasteiger partial charge in [0.2, 0.25) is 0 Å². The monoisotopic (exact) mass is 283 g/mol. The van der Waals surface area contributed by atoms with E-state index in [0.29, 0.717) is 18.1 Å². The van der Waals surface area contributed by atoms with E-state index in [1.54, 1.807) is 0 Å². The molecule has 2 rings (SSSR count). The fourth-order valence-electron chi connectivity index (χ4n) is 2.95. The fraction of sp³-hybridized carbons (Fsp3) is 0.933. The van der Waals surface area contributed by atoms with E-state index in [1.165, 1.54) is 20.0 Å². The van der Waals surface area contributed by atoms with Crippen molar-refractivity contribution in [1.82, 2.24) is 15.1 Å². The number of methoxy groups -OCH3 is 1. The lowest BCUT2D eigenvalue weighted by Gasteiger charge is -2.42. The van der Waals surface area contributed by atoms with Crippen molar-refractivity contribution >= 4 is 5.97 Å². The van der Waals surface area contributed by atoms with Crippen molar-refractivity contribution in [2.75, 3.05) is 33.8 Å². The van der Waals surface area contributed by atoms with Crippen molar-refractivity contribution in [2.45, 2.75) is 57.3 Å². The molecule has 2 aliphatic rings. The Labute approximate surface area is 122 Å². The zero-order valence-corrected chi connectivity index (χ0v) is 13.3. The number of carbonyl (C=O) groups excluding carboxylic acids is 1. The van der Waals surface area contributed by atoms with Gasteiger partial charge in [-0.05, 0) is 40.2 Å². The summed E-state index contributed by atoms with van der Waals surface area (Å²) in [7, 11) is 3.67. The van der Waals surface area contributed by atoms with Crippen LogP contribution in [0.25, 0.3) is 0 Å². The summed E-state index contributed by atoms with van der Waals surface area (Å²) in [5, 5.41) is 3.40. The molecule has 1 saturated heterocycles. The summed E-state index contributed by atoms with van der Waals surface area (Å²) in [6.45, 7) is 7.66. The average Bonchev–Trinajstić information content (AvgIpc) is 3.23. The second-order valence-electron chi connectivity index (χ2n) is 6.43. The molecule has 5 nitrogen and oxygen atoms in total. The third-order valence-corrected chi connectivity index (χ3v) is 4.67. The first kappa shape index (κ1) is 15.7. The Morgan fingerprint density at radius 3 is 2.40 bits per heavy atom. The topological polar surface area (TPSA) is 44.8 Å². The molecular formula is C15H29N3O2. The highest BCUT2D eigenvalue weighted by molar-refractivity contribution is 5.75. The van der Waals surface area contributed by atoms with Crippen LogP contribution >= 0.6 is 0 Å². The maximum Gasteiger partial charge on any atom is 0.322 e. The number of nitrogens with one attached hydrogen (secondary N) is 1. The minimum absolute atomic E-state index is 0.118. The molecule has 0 aromatic heterocycles. The molecule has 0 aromatic carbocycles. The van der Waals surface area contributed by atoms with Crippen molar-refractivity contribution in [3.05, 3.63) is 0 Å². The van der Waals surface area contributed by atoms with Crippen molar-refractivity contribution in [3.8, 4) is 0 Å². The number of hydrogen-bond acceptors (Lipinski definition) is 5. The number of hydrogen-bond donors (Lipinski definition) is 1. The summed E-state index contributed by atoms with van der Waals surface area (Å²) in [5.74, 6) is -0.118. The van der Waals surface area contributed by atoms with E-state index >= 15 is 0 Å². The summed E-state index contributed by atoms with van der Waals surface area (Å²) in [4.78, 5) is 16.7. The first-order valence-corrected chi connectivity index (χ1v) is 7.79. The number of esters is 1. The third-order valence-electron chi connectivity index (χ3n) is 4.67.